The second-order valence-electron chi connectivity index (χ2n) is 12.8. The number of rotatable bonds is 8. The molecule has 9 rings (SSSR count). The molecule has 0 spiro atoms. The van der Waals surface area contributed by atoms with E-state index >= 15 is 0 Å². The second-order valence-corrected chi connectivity index (χ2v) is 12.8. The van der Waals surface area contributed by atoms with Gasteiger partial charge in [0, 0.05) is 34.6 Å². The van der Waals surface area contributed by atoms with Crippen molar-refractivity contribution < 1.29 is 0 Å². The van der Waals surface area contributed by atoms with E-state index in [0.717, 1.165) is 72.8 Å². The topological polar surface area (TPSA) is 77.3 Å². The Morgan fingerprint density at radius 1 is 0.241 bits per heavy atom. The Balaban J connectivity index is 0.968. The van der Waals surface area contributed by atoms with Gasteiger partial charge in [-0.25, -0.2) is 19.9 Å². The van der Waals surface area contributed by atoms with Gasteiger partial charge >= 0.3 is 0 Å². The van der Waals surface area contributed by atoms with Crippen molar-refractivity contribution in [3.05, 3.63) is 194 Å². The minimum atomic E-state index is 0.635. The number of benzene rings is 5. The van der Waals surface area contributed by atoms with Gasteiger partial charge < -0.3 is 0 Å². The Bertz CT molecular complexity index is 2340. The third-order valence-electron chi connectivity index (χ3n) is 9.28. The van der Waals surface area contributed by atoms with Crippen molar-refractivity contribution in [3.63, 3.8) is 0 Å². The summed E-state index contributed by atoms with van der Waals surface area (Å²) >= 11 is 0. The summed E-state index contributed by atoms with van der Waals surface area (Å²) < 4.78 is 0. The summed E-state index contributed by atoms with van der Waals surface area (Å²) in [6.45, 7) is 0. The average Bonchev–Trinajstić information content (AvgIpc) is 3.27. The van der Waals surface area contributed by atoms with Crippen molar-refractivity contribution in [2.24, 2.45) is 0 Å². The van der Waals surface area contributed by atoms with E-state index in [9.17, 15) is 0 Å². The lowest BCUT2D eigenvalue weighted by Crippen LogP contribution is -2.00. The van der Waals surface area contributed by atoms with E-state index in [1.807, 2.05) is 109 Å². The van der Waals surface area contributed by atoms with Crippen LogP contribution in [0.25, 0.3) is 90.3 Å². The third kappa shape index (κ3) is 6.92. The molecule has 0 unspecified atom stereocenters. The predicted molar refractivity (Wildman–Crippen MR) is 217 cm³/mol. The van der Waals surface area contributed by atoms with Crippen LogP contribution in [0.3, 0.4) is 0 Å². The SMILES string of the molecule is c1ccc(-c2cc(-c3ccccn3)nc(-c3ccc(-c4ccc(-c5ccc(-c6nc(-c7ccccc7)nc(-c7ccccc7)n6)cc5)cc4)cn3)c2)cc1. The molecule has 9 aromatic rings. The summed E-state index contributed by atoms with van der Waals surface area (Å²) in [6, 6.07) is 61.5. The molecule has 54 heavy (non-hydrogen) atoms. The number of hydrogen-bond donors (Lipinski definition) is 0. The van der Waals surface area contributed by atoms with E-state index in [1.54, 1.807) is 6.20 Å². The van der Waals surface area contributed by atoms with Crippen LogP contribution >= 0.6 is 0 Å². The monoisotopic (exact) mass is 692 g/mol. The van der Waals surface area contributed by atoms with E-state index in [4.69, 9.17) is 24.9 Å². The fourth-order valence-electron chi connectivity index (χ4n) is 6.43. The Hall–Kier alpha value is -7.44. The summed E-state index contributed by atoms with van der Waals surface area (Å²) in [5.74, 6) is 1.93. The summed E-state index contributed by atoms with van der Waals surface area (Å²) in [5.41, 5.74) is 12.6. The zero-order chi connectivity index (χ0) is 36.1. The first-order chi connectivity index (χ1) is 26.7. The molecule has 0 saturated heterocycles. The lowest BCUT2D eigenvalue weighted by Gasteiger charge is -2.10. The molecule has 4 aromatic heterocycles. The highest BCUT2D eigenvalue weighted by atomic mass is 15.0. The zero-order valence-corrected chi connectivity index (χ0v) is 29.2. The molecule has 0 radical (unpaired) electrons. The van der Waals surface area contributed by atoms with E-state index in [0.29, 0.717) is 17.5 Å². The molecule has 5 aromatic carbocycles. The molecule has 6 nitrogen and oxygen atoms in total. The Morgan fingerprint density at radius 2 is 0.630 bits per heavy atom. The van der Waals surface area contributed by atoms with E-state index in [1.165, 1.54) is 0 Å². The highest BCUT2D eigenvalue weighted by Crippen LogP contribution is 2.32. The quantitative estimate of drug-likeness (QED) is 0.158. The fraction of sp³-hybridized carbons (Fsp3) is 0. The molecular formula is C48H32N6. The number of hydrogen-bond acceptors (Lipinski definition) is 6. The van der Waals surface area contributed by atoms with Gasteiger partial charge in [0.1, 0.15) is 0 Å². The molecule has 0 atom stereocenters. The maximum absolute atomic E-state index is 4.97. The molecule has 0 N–H and O–H groups in total. The van der Waals surface area contributed by atoms with Crippen LogP contribution in [0.1, 0.15) is 0 Å². The molecule has 4 heterocycles. The minimum Gasteiger partial charge on any atom is -0.255 e. The predicted octanol–water partition coefficient (Wildman–Crippen LogP) is 11.4. The van der Waals surface area contributed by atoms with Crippen LogP contribution in [0.2, 0.25) is 0 Å². The molecule has 0 amide bonds. The Labute approximate surface area is 313 Å². The smallest absolute Gasteiger partial charge is 0.164 e. The molecule has 0 aliphatic rings. The molecule has 0 aliphatic carbocycles. The maximum Gasteiger partial charge on any atom is 0.164 e. The van der Waals surface area contributed by atoms with Gasteiger partial charge in [0.2, 0.25) is 0 Å². The second kappa shape index (κ2) is 14.7. The summed E-state index contributed by atoms with van der Waals surface area (Å²) in [5, 5.41) is 0. The summed E-state index contributed by atoms with van der Waals surface area (Å²) in [7, 11) is 0. The molecule has 254 valence electrons. The van der Waals surface area contributed by atoms with Gasteiger partial charge in [-0.3, -0.25) is 9.97 Å². The van der Waals surface area contributed by atoms with Crippen molar-refractivity contribution in [3.8, 4) is 90.3 Å². The van der Waals surface area contributed by atoms with Crippen molar-refractivity contribution in [2.75, 3.05) is 0 Å². The van der Waals surface area contributed by atoms with Crippen LogP contribution in [0.5, 0.6) is 0 Å². The molecule has 0 saturated carbocycles. The van der Waals surface area contributed by atoms with Gasteiger partial charge in [0.05, 0.1) is 22.8 Å². The van der Waals surface area contributed by atoms with Gasteiger partial charge in [-0.1, -0.05) is 152 Å². The van der Waals surface area contributed by atoms with Gasteiger partial charge in [-0.2, -0.15) is 0 Å². The van der Waals surface area contributed by atoms with E-state index < -0.39 is 0 Å². The van der Waals surface area contributed by atoms with Gasteiger partial charge in [0.15, 0.2) is 17.5 Å². The molecular weight excluding hydrogens is 661 g/mol. The number of nitrogens with zero attached hydrogens (tertiary/aromatic N) is 6. The molecule has 0 fully saturated rings. The van der Waals surface area contributed by atoms with Gasteiger partial charge in [-0.15, -0.1) is 0 Å². The van der Waals surface area contributed by atoms with Gasteiger partial charge in [-0.05, 0) is 58.1 Å². The first kappa shape index (κ1) is 32.5. The third-order valence-corrected chi connectivity index (χ3v) is 9.28. The van der Waals surface area contributed by atoms with Crippen molar-refractivity contribution >= 4 is 0 Å². The highest BCUT2D eigenvalue weighted by Gasteiger charge is 2.14. The van der Waals surface area contributed by atoms with Crippen LogP contribution in [0, 0.1) is 0 Å². The Morgan fingerprint density at radius 3 is 1.09 bits per heavy atom. The fourth-order valence-corrected chi connectivity index (χ4v) is 6.43. The molecule has 6 heteroatoms. The summed E-state index contributed by atoms with van der Waals surface area (Å²) in [6.07, 6.45) is 3.71. The zero-order valence-electron chi connectivity index (χ0n) is 29.2. The minimum absolute atomic E-state index is 0.635. The van der Waals surface area contributed by atoms with Crippen LogP contribution in [-0.2, 0) is 0 Å². The Kier molecular flexibility index (Phi) is 8.81. The van der Waals surface area contributed by atoms with Crippen LogP contribution < -0.4 is 0 Å². The lowest BCUT2D eigenvalue weighted by atomic mass is 9.99. The first-order valence-corrected chi connectivity index (χ1v) is 17.8. The molecule has 0 bridgehead atoms. The first-order valence-electron chi connectivity index (χ1n) is 17.8. The highest BCUT2D eigenvalue weighted by molar-refractivity contribution is 5.77. The average molecular weight is 693 g/mol. The van der Waals surface area contributed by atoms with Crippen LogP contribution in [0.4, 0.5) is 0 Å². The number of pyridine rings is 3. The van der Waals surface area contributed by atoms with Gasteiger partial charge in [0.25, 0.3) is 0 Å². The largest absolute Gasteiger partial charge is 0.255 e. The van der Waals surface area contributed by atoms with Crippen molar-refractivity contribution in [1.29, 1.82) is 0 Å². The standard InChI is InChI=1S/C48H32N6/c1-4-12-33(13-5-1)41-30-44(42-18-10-11-29-49-42)51-45(31-41)43-28-27-40(32-50-43)36-21-19-34(20-22-36)35-23-25-39(26-24-35)48-53-46(37-14-6-2-7-15-37)52-47(54-48)38-16-8-3-9-17-38/h1-32H. The van der Waals surface area contributed by atoms with Crippen molar-refractivity contribution in [2.45, 2.75) is 0 Å². The number of aromatic nitrogens is 6. The lowest BCUT2D eigenvalue weighted by molar-refractivity contribution is 1.07. The summed E-state index contributed by atoms with van der Waals surface area (Å²) in [4.78, 5) is 29.0. The van der Waals surface area contributed by atoms with Crippen LogP contribution in [-0.4, -0.2) is 29.9 Å². The molecule has 0 aliphatic heterocycles. The van der Waals surface area contributed by atoms with E-state index in [-0.39, 0.29) is 0 Å². The van der Waals surface area contributed by atoms with Crippen molar-refractivity contribution in [1.82, 2.24) is 29.9 Å². The maximum atomic E-state index is 4.97. The van der Waals surface area contributed by atoms with E-state index in [2.05, 4.69) is 83.8 Å². The normalized spacial score (nSPS) is 11.0. The van der Waals surface area contributed by atoms with Crippen LogP contribution in [0.15, 0.2) is 194 Å².